The minimum absolute atomic E-state index is 0.0370. The van der Waals surface area contributed by atoms with Gasteiger partial charge in [-0.05, 0) is 86.4 Å². The number of hydrogen-bond acceptors (Lipinski definition) is 2. The monoisotopic (exact) mass is 396 g/mol. The number of fused-ring (bicyclic) bond motifs is 5. The van der Waals surface area contributed by atoms with E-state index in [2.05, 4.69) is 6.92 Å². The number of carbonyl (C=O) groups is 1. The molecule has 4 saturated carbocycles. The van der Waals surface area contributed by atoms with Crippen molar-refractivity contribution in [3.05, 3.63) is 0 Å². The van der Waals surface area contributed by atoms with E-state index < -0.39 is 11.3 Å². The van der Waals surface area contributed by atoms with E-state index in [4.69, 9.17) is 4.74 Å². The highest BCUT2D eigenvalue weighted by Gasteiger charge is 2.69. The van der Waals surface area contributed by atoms with Crippen molar-refractivity contribution in [1.29, 1.82) is 0 Å². The van der Waals surface area contributed by atoms with E-state index in [-0.39, 0.29) is 35.6 Å². The minimum atomic E-state index is -2.59. The van der Waals surface area contributed by atoms with Gasteiger partial charge in [-0.1, -0.05) is 26.7 Å². The molecular weight excluding hydrogens is 358 g/mol. The fourth-order valence-corrected chi connectivity index (χ4v) is 8.39. The van der Waals surface area contributed by atoms with Gasteiger partial charge >= 0.3 is 5.97 Å². The first-order valence-corrected chi connectivity index (χ1v) is 11.7. The zero-order valence-electron chi connectivity index (χ0n) is 17.9. The van der Waals surface area contributed by atoms with Crippen LogP contribution in [0, 0.1) is 40.4 Å². The molecule has 160 valence electrons. The highest BCUT2D eigenvalue weighted by molar-refractivity contribution is 5.68. The molecule has 0 aromatic heterocycles. The maximum Gasteiger partial charge on any atom is 0.305 e. The van der Waals surface area contributed by atoms with E-state index in [0.29, 0.717) is 24.7 Å². The van der Waals surface area contributed by atoms with Gasteiger partial charge in [0.1, 0.15) is 0 Å². The molecule has 28 heavy (non-hydrogen) atoms. The molecule has 0 N–H and O–H groups in total. The molecule has 2 nitrogen and oxygen atoms in total. The normalized spacial score (nSPS) is 47.0. The van der Waals surface area contributed by atoms with Crippen LogP contribution in [-0.4, -0.2) is 19.0 Å². The van der Waals surface area contributed by atoms with Gasteiger partial charge in [-0.15, -0.1) is 0 Å². The summed E-state index contributed by atoms with van der Waals surface area (Å²) in [5.74, 6) is -1.27. The van der Waals surface area contributed by atoms with Gasteiger partial charge in [0.05, 0.1) is 7.11 Å². The molecule has 0 heterocycles. The Kier molecular flexibility index (Phi) is 5.32. The molecule has 0 radical (unpaired) electrons. The van der Waals surface area contributed by atoms with Crippen LogP contribution in [0.15, 0.2) is 0 Å². The fourth-order valence-electron chi connectivity index (χ4n) is 8.39. The van der Waals surface area contributed by atoms with Crippen LogP contribution in [0.3, 0.4) is 0 Å². The van der Waals surface area contributed by atoms with Crippen molar-refractivity contribution in [1.82, 2.24) is 0 Å². The number of rotatable bonds is 4. The van der Waals surface area contributed by atoms with E-state index in [1.165, 1.54) is 32.8 Å². The average Bonchev–Trinajstić information content (AvgIpc) is 3.00. The Morgan fingerprint density at radius 2 is 1.82 bits per heavy atom. The summed E-state index contributed by atoms with van der Waals surface area (Å²) in [6.07, 6.45) is 11.0. The van der Waals surface area contributed by atoms with Gasteiger partial charge in [0.15, 0.2) is 0 Å². The second-order valence-electron chi connectivity index (χ2n) is 10.8. The van der Waals surface area contributed by atoms with Gasteiger partial charge in [0.25, 0.3) is 5.92 Å². The van der Waals surface area contributed by atoms with Crippen molar-refractivity contribution in [3.63, 3.8) is 0 Å². The average molecular weight is 397 g/mol. The number of alkyl halides is 2. The van der Waals surface area contributed by atoms with Gasteiger partial charge in [-0.2, -0.15) is 0 Å². The molecule has 7 atom stereocenters. The standard InChI is InChI=1S/C24H38F2O2/c1-22-14-5-4-7-16(22)10-12-18-19-13-11-17(8-6-9-21(27)28-3)23(19,2)24(25,26)15-20(18)22/h16-20H,4-15H2,1-3H3. The van der Waals surface area contributed by atoms with Crippen molar-refractivity contribution < 1.29 is 18.3 Å². The Balaban J connectivity index is 1.56. The largest absolute Gasteiger partial charge is 0.469 e. The fraction of sp³-hybridized carbons (Fsp3) is 0.958. The Labute approximate surface area is 169 Å². The van der Waals surface area contributed by atoms with Crippen molar-refractivity contribution in [2.24, 2.45) is 40.4 Å². The lowest BCUT2D eigenvalue weighted by Gasteiger charge is -2.62. The molecule has 4 aliphatic rings. The highest BCUT2D eigenvalue weighted by Crippen LogP contribution is 2.71. The topological polar surface area (TPSA) is 26.3 Å². The van der Waals surface area contributed by atoms with Crippen LogP contribution in [0.4, 0.5) is 8.78 Å². The molecule has 4 fully saturated rings. The van der Waals surface area contributed by atoms with Gasteiger partial charge < -0.3 is 4.74 Å². The lowest BCUT2D eigenvalue weighted by atomic mass is 9.44. The predicted molar refractivity (Wildman–Crippen MR) is 106 cm³/mol. The number of ether oxygens (including phenoxy) is 1. The second kappa shape index (κ2) is 7.23. The van der Waals surface area contributed by atoms with E-state index in [1.54, 1.807) is 0 Å². The van der Waals surface area contributed by atoms with Crippen LogP contribution >= 0.6 is 0 Å². The van der Waals surface area contributed by atoms with Crippen LogP contribution in [0.1, 0.15) is 90.9 Å². The van der Waals surface area contributed by atoms with Crippen molar-refractivity contribution in [2.75, 3.05) is 7.11 Å². The molecule has 4 rings (SSSR count). The number of methoxy groups -OCH3 is 1. The highest BCUT2D eigenvalue weighted by atomic mass is 19.3. The molecule has 4 heteroatoms. The number of esters is 1. The molecular formula is C24H38F2O2. The Morgan fingerprint density at radius 1 is 1.04 bits per heavy atom. The Bertz CT molecular complexity index is 605. The summed E-state index contributed by atoms with van der Waals surface area (Å²) in [6, 6.07) is 0. The third-order valence-corrected chi connectivity index (χ3v) is 10.0. The van der Waals surface area contributed by atoms with Crippen LogP contribution < -0.4 is 0 Å². The summed E-state index contributed by atoms with van der Waals surface area (Å²) >= 11 is 0. The van der Waals surface area contributed by atoms with Crippen LogP contribution in [-0.2, 0) is 9.53 Å². The van der Waals surface area contributed by atoms with Crippen molar-refractivity contribution >= 4 is 5.97 Å². The third-order valence-electron chi connectivity index (χ3n) is 10.0. The smallest absolute Gasteiger partial charge is 0.305 e. The number of carbonyl (C=O) groups excluding carboxylic acids is 1. The molecule has 7 unspecified atom stereocenters. The minimum Gasteiger partial charge on any atom is -0.469 e. The number of halogens is 2. The van der Waals surface area contributed by atoms with Crippen LogP contribution in [0.5, 0.6) is 0 Å². The predicted octanol–water partition coefficient (Wildman–Crippen LogP) is 6.62. The molecule has 0 amide bonds. The second-order valence-corrected chi connectivity index (χ2v) is 10.8. The summed E-state index contributed by atoms with van der Waals surface area (Å²) in [4.78, 5) is 11.5. The molecule has 0 aromatic rings. The Hall–Kier alpha value is -0.670. The summed E-state index contributed by atoms with van der Waals surface area (Å²) < 4.78 is 36.4. The first-order valence-electron chi connectivity index (χ1n) is 11.7. The quantitative estimate of drug-likeness (QED) is 0.499. The molecule has 4 aliphatic carbocycles. The van der Waals surface area contributed by atoms with Crippen LogP contribution in [0.2, 0.25) is 0 Å². The molecule has 0 spiro atoms. The summed E-state index contributed by atoms with van der Waals surface area (Å²) in [6.45, 7) is 4.26. The van der Waals surface area contributed by atoms with Crippen molar-refractivity contribution in [3.8, 4) is 0 Å². The maximum atomic E-state index is 15.9. The number of hydrogen-bond donors (Lipinski definition) is 0. The van der Waals surface area contributed by atoms with E-state index in [1.807, 2.05) is 6.92 Å². The lowest BCUT2D eigenvalue weighted by molar-refractivity contribution is -0.240. The Morgan fingerprint density at radius 3 is 2.57 bits per heavy atom. The summed E-state index contributed by atoms with van der Waals surface area (Å²) in [5.41, 5.74) is -0.753. The van der Waals surface area contributed by atoms with Gasteiger partial charge in [-0.25, -0.2) is 8.78 Å². The van der Waals surface area contributed by atoms with Gasteiger partial charge in [0.2, 0.25) is 0 Å². The summed E-state index contributed by atoms with van der Waals surface area (Å²) in [7, 11) is 1.40. The van der Waals surface area contributed by atoms with Crippen LogP contribution in [0.25, 0.3) is 0 Å². The first kappa shape index (κ1) is 20.6. The van der Waals surface area contributed by atoms with E-state index in [9.17, 15) is 4.79 Å². The maximum absolute atomic E-state index is 15.9. The van der Waals surface area contributed by atoms with E-state index in [0.717, 1.165) is 32.1 Å². The van der Waals surface area contributed by atoms with Crippen molar-refractivity contribution in [2.45, 2.75) is 96.8 Å². The zero-order valence-corrected chi connectivity index (χ0v) is 17.9. The zero-order chi connectivity index (χ0) is 20.2. The molecule has 0 bridgehead atoms. The third kappa shape index (κ3) is 2.95. The van der Waals surface area contributed by atoms with E-state index >= 15 is 8.78 Å². The lowest BCUT2D eigenvalue weighted by Crippen LogP contribution is -2.60. The molecule has 0 saturated heterocycles. The molecule has 0 aromatic carbocycles. The van der Waals surface area contributed by atoms with Gasteiger partial charge in [-0.3, -0.25) is 4.79 Å². The first-order chi connectivity index (χ1) is 13.2. The molecule has 0 aliphatic heterocycles. The van der Waals surface area contributed by atoms with Gasteiger partial charge in [0, 0.05) is 18.3 Å². The SMILES string of the molecule is COC(=O)CCCC1CCC2C3CCC4CCCCC4(C)C3CC(F)(F)C12C. The summed E-state index contributed by atoms with van der Waals surface area (Å²) in [5, 5.41) is 0.